The van der Waals surface area contributed by atoms with Crippen LogP contribution in [-0.2, 0) is 18.6 Å². The highest BCUT2D eigenvalue weighted by molar-refractivity contribution is 7.45. The fourth-order valence-corrected chi connectivity index (χ4v) is 12.7. The number of rotatable bonds is 10. The predicted molar refractivity (Wildman–Crippen MR) is 176 cm³/mol. The number of ether oxygens (including phenoxy) is 1. The van der Waals surface area contributed by atoms with Gasteiger partial charge >= 0.3 is 5.69 Å². The molecule has 11 heteroatoms. The summed E-state index contributed by atoms with van der Waals surface area (Å²) in [5.74, 6) is -0.139. The smallest absolute Gasteiger partial charge is 0.351 e. The number of nitrogens with one attached hydrogen (secondary N) is 1. The second kappa shape index (κ2) is 13.3. The van der Waals surface area contributed by atoms with Crippen molar-refractivity contribution in [1.82, 2.24) is 14.2 Å². The summed E-state index contributed by atoms with van der Waals surface area (Å²) in [6, 6.07) is 24.9. The van der Waals surface area contributed by atoms with Crippen LogP contribution in [0.15, 0.2) is 77.7 Å². The lowest BCUT2D eigenvalue weighted by Crippen LogP contribution is -2.58. The maximum absolute atomic E-state index is 12.9. The number of aromatic nitrogens is 2. The molecule has 9 nitrogen and oxygen atoms in total. The molecule has 1 unspecified atom stereocenters. The summed E-state index contributed by atoms with van der Waals surface area (Å²) in [6.07, 6.45) is 4.44. The standard InChI is InChI=1S/C33H43N4O5PSi/c1-5-27-28(21-31(40-27)36-20-18-30(35-33(36)39)34-32(38)23(2)3)41-43-37-19-12-17-26(37)29(42-43)22-44(4,24-13-8-6-9-14-24)25-15-10-7-11-16-25/h6-11,13-16,18,20,23,26-29,31H,5,12,17,19,21-22H2,1-4H3,(H,34,35,38,39)/t26-,27-,28?,29+,31-,43+/m1/s1. The molecule has 3 aliphatic heterocycles. The minimum atomic E-state index is -2.10. The first-order chi connectivity index (χ1) is 21.3. The molecule has 0 radical (unpaired) electrons. The lowest BCUT2D eigenvalue weighted by atomic mass is 10.1. The molecule has 44 heavy (non-hydrogen) atoms. The summed E-state index contributed by atoms with van der Waals surface area (Å²) in [7, 11) is -3.35. The summed E-state index contributed by atoms with van der Waals surface area (Å²) < 4.78 is 24.0. The molecule has 0 saturated carbocycles. The number of fused-ring (bicyclic) bond motifs is 1. The van der Waals surface area contributed by atoms with Crippen molar-refractivity contribution in [2.75, 3.05) is 11.9 Å². The molecule has 0 spiro atoms. The van der Waals surface area contributed by atoms with Crippen LogP contribution in [0.25, 0.3) is 0 Å². The van der Waals surface area contributed by atoms with Gasteiger partial charge in [0.15, 0.2) is 0 Å². The van der Waals surface area contributed by atoms with Gasteiger partial charge < -0.3 is 19.1 Å². The summed E-state index contributed by atoms with van der Waals surface area (Å²) in [4.78, 5) is 29.1. The predicted octanol–water partition coefficient (Wildman–Crippen LogP) is 4.90. The quantitative estimate of drug-likeness (QED) is 0.250. The highest BCUT2D eigenvalue weighted by atomic mass is 31.2. The first-order valence-corrected chi connectivity index (χ1v) is 19.7. The van der Waals surface area contributed by atoms with E-state index < -0.39 is 28.5 Å². The second-order valence-electron chi connectivity index (χ2n) is 12.6. The number of nitrogens with zero attached hydrogens (tertiary/aromatic N) is 3. The Morgan fingerprint density at radius 1 is 1.09 bits per heavy atom. The molecule has 1 aromatic heterocycles. The average molecular weight is 635 g/mol. The van der Waals surface area contributed by atoms with Gasteiger partial charge in [-0.1, -0.05) is 98.4 Å². The maximum Gasteiger partial charge on any atom is 0.351 e. The number of carbonyl (C=O) groups excluding carboxylic acids is 1. The van der Waals surface area contributed by atoms with Gasteiger partial charge in [0.2, 0.25) is 5.91 Å². The Bertz CT molecular complexity index is 1450. The number of benzene rings is 2. The van der Waals surface area contributed by atoms with Gasteiger partial charge in [0.25, 0.3) is 8.53 Å². The Labute approximate surface area is 261 Å². The van der Waals surface area contributed by atoms with Gasteiger partial charge in [-0.3, -0.25) is 9.36 Å². The Balaban J connectivity index is 1.18. The van der Waals surface area contributed by atoms with Gasteiger partial charge in [0.1, 0.15) is 20.1 Å². The summed E-state index contributed by atoms with van der Waals surface area (Å²) in [6.45, 7) is 9.11. The molecule has 3 aliphatic rings. The summed E-state index contributed by atoms with van der Waals surface area (Å²) in [5, 5.41) is 5.53. The van der Waals surface area contributed by atoms with E-state index in [9.17, 15) is 9.59 Å². The van der Waals surface area contributed by atoms with Crippen molar-refractivity contribution in [3.05, 3.63) is 83.4 Å². The first-order valence-electron chi connectivity index (χ1n) is 15.8. The van der Waals surface area contributed by atoms with E-state index in [0.717, 1.165) is 31.9 Å². The van der Waals surface area contributed by atoms with Crippen LogP contribution in [0, 0.1) is 5.92 Å². The highest BCUT2D eigenvalue weighted by Gasteiger charge is 2.51. The van der Waals surface area contributed by atoms with Crippen molar-refractivity contribution in [3.63, 3.8) is 0 Å². The first kappa shape index (κ1) is 31.3. The van der Waals surface area contributed by atoms with Crippen LogP contribution in [0.3, 0.4) is 0 Å². The SMILES string of the molecule is CC[C@H]1O[C@@H](n2ccc(NC(=O)C(C)C)nc2=O)CC1O[P@@]1O[C@@H](C[Si](C)(c2ccccc2)c2ccccc2)[C@H]2CCCN21. The molecular formula is C33H43N4O5PSi. The minimum absolute atomic E-state index is 0.0966. The van der Waals surface area contributed by atoms with E-state index >= 15 is 0 Å². The van der Waals surface area contributed by atoms with Crippen molar-refractivity contribution in [1.29, 1.82) is 0 Å². The molecule has 4 heterocycles. The summed E-state index contributed by atoms with van der Waals surface area (Å²) >= 11 is 0. The van der Waals surface area contributed by atoms with Crippen LogP contribution in [0.4, 0.5) is 5.82 Å². The fourth-order valence-electron chi connectivity index (χ4n) is 6.71. The Kier molecular flexibility index (Phi) is 9.47. The third-order valence-corrected chi connectivity index (χ3v) is 15.5. The molecule has 3 fully saturated rings. The minimum Gasteiger partial charge on any atom is -0.352 e. The molecule has 234 valence electrons. The largest absolute Gasteiger partial charge is 0.352 e. The van der Waals surface area contributed by atoms with Gasteiger partial charge in [0.05, 0.1) is 18.3 Å². The number of hydrogen-bond donors (Lipinski definition) is 1. The number of carbonyl (C=O) groups is 1. The molecule has 1 amide bonds. The third-order valence-electron chi connectivity index (χ3n) is 9.29. The van der Waals surface area contributed by atoms with Gasteiger partial charge in [0, 0.05) is 31.1 Å². The van der Waals surface area contributed by atoms with E-state index in [1.165, 1.54) is 14.9 Å². The number of anilines is 1. The van der Waals surface area contributed by atoms with Crippen LogP contribution in [0.5, 0.6) is 0 Å². The Morgan fingerprint density at radius 2 is 1.77 bits per heavy atom. The summed E-state index contributed by atoms with van der Waals surface area (Å²) in [5.41, 5.74) is -0.458. The van der Waals surface area contributed by atoms with Crippen molar-refractivity contribution in [2.45, 2.75) is 89.6 Å². The lowest BCUT2D eigenvalue weighted by molar-refractivity contribution is -0.118. The van der Waals surface area contributed by atoms with Gasteiger partial charge in [-0.2, -0.15) is 4.98 Å². The molecule has 6 rings (SSSR count). The second-order valence-corrected chi connectivity index (χ2v) is 18.2. The molecule has 0 aliphatic carbocycles. The zero-order valence-corrected chi connectivity index (χ0v) is 27.9. The van der Waals surface area contributed by atoms with Crippen LogP contribution < -0.4 is 21.4 Å². The maximum atomic E-state index is 12.9. The zero-order chi connectivity index (χ0) is 30.8. The molecule has 6 atom stereocenters. The van der Waals surface area contributed by atoms with E-state index in [1.54, 1.807) is 26.1 Å². The molecule has 0 bridgehead atoms. The lowest BCUT2D eigenvalue weighted by Gasteiger charge is -2.32. The molecule has 1 N–H and O–H groups in total. The van der Waals surface area contributed by atoms with E-state index in [4.69, 9.17) is 13.8 Å². The molecule has 3 saturated heterocycles. The Morgan fingerprint density at radius 3 is 2.39 bits per heavy atom. The zero-order valence-electron chi connectivity index (χ0n) is 26.0. The topological polar surface area (TPSA) is 94.9 Å². The number of hydrogen-bond acceptors (Lipinski definition) is 7. The molecule has 3 aromatic rings. The van der Waals surface area contributed by atoms with E-state index in [-0.39, 0.29) is 36.0 Å². The van der Waals surface area contributed by atoms with Crippen molar-refractivity contribution in [3.8, 4) is 0 Å². The van der Waals surface area contributed by atoms with Gasteiger partial charge in [-0.15, -0.1) is 0 Å². The van der Waals surface area contributed by atoms with Crippen LogP contribution in [-0.4, -0.2) is 59.1 Å². The van der Waals surface area contributed by atoms with Gasteiger partial charge in [-0.25, -0.2) is 9.46 Å². The van der Waals surface area contributed by atoms with E-state index in [0.29, 0.717) is 12.5 Å². The molecular weight excluding hydrogens is 591 g/mol. The van der Waals surface area contributed by atoms with Crippen molar-refractivity contribution < 1.29 is 18.6 Å². The fraction of sp³-hybridized carbons (Fsp3) is 0.485. The monoisotopic (exact) mass is 634 g/mol. The number of amides is 1. The van der Waals surface area contributed by atoms with Gasteiger partial charge in [-0.05, 0) is 31.4 Å². The highest BCUT2D eigenvalue weighted by Crippen LogP contribution is 2.58. The van der Waals surface area contributed by atoms with Crippen molar-refractivity contribution in [2.24, 2.45) is 5.92 Å². The molecule has 2 aromatic carbocycles. The van der Waals surface area contributed by atoms with E-state index in [2.05, 4.69) is 89.1 Å². The van der Waals surface area contributed by atoms with Crippen LogP contribution in [0.2, 0.25) is 12.6 Å². The normalized spacial score (nSPS) is 27.1. The average Bonchev–Trinajstić information content (AvgIpc) is 3.75. The Hall–Kier alpha value is -2.72. The van der Waals surface area contributed by atoms with Crippen LogP contribution >= 0.6 is 8.53 Å². The van der Waals surface area contributed by atoms with Crippen LogP contribution in [0.1, 0.15) is 52.7 Å². The van der Waals surface area contributed by atoms with Crippen molar-refractivity contribution >= 4 is 38.7 Å². The van der Waals surface area contributed by atoms with E-state index in [1.807, 2.05) is 0 Å². The third kappa shape index (κ3) is 6.34.